The first-order valence-corrected chi connectivity index (χ1v) is 7.57. The normalized spacial score (nSPS) is 19.3. The number of hydrogen-bond donors (Lipinski definition) is 1. The van der Waals surface area contributed by atoms with Gasteiger partial charge in [0.05, 0.1) is 25.9 Å². The Morgan fingerprint density at radius 2 is 2.50 bits per heavy atom. The van der Waals surface area contributed by atoms with E-state index in [0.29, 0.717) is 25.5 Å². The minimum atomic E-state index is -0.0547. The molecule has 2 rings (SSSR count). The first-order chi connectivity index (χ1) is 9.74. The highest BCUT2D eigenvalue weighted by molar-refractivity contribution is 7.09. The Morgan fingerprint density at radius 3 is 3.25 bits per heavy atom. The summed E-state index contributed by atoms with van der Waals surface area (Å²) >= 11 is 1.43. The number of aromatic nitrogens is 1. The van der Waals surface area contributed by atoms with Crippen LogP contribution in [0.2, 0.25) is 0 Å². The molecule has 1 amide bonds. The number of methoxy groups -OCH3 is 1. The molecule has 1 unspecified atom stereocenters. The molecular weight excluding hydrogens is 280 g/mol. The smallest absolute Gasteiger partial charge is 0.273 e. The first kappa shape index (κ1) is 15.4. The Labute approximate surface area is 122 Å². The number of nitrogens with zero attached hydrogens (tertiary/aromatic N) is 2. The van der Waals surface area contributed by atoms with E-state index in [9.17, 15) is 4.79 Å². The summed E-state index contributed by atoms with van der Waals surface area (Å²) < 4.78 is 10.5. The lowest BCUT2D eigenvalue weighted by Crippen LogP contribution is -2.43. The Bertz CT molecular complexity index is 438. The maximum atomic E-state index is 12.4. The molecule has 7 heteroatoms. The average molecular weight is 300 g/mol. The van der Waals surface area contributed by atoms with E-state index in [1.807, 2.05) is 0 Å². The third-order valence-electron chi connectivity index (χ3n) is 3.15. The number of ether oxygens (including phenoxy) is 2. The highest BCUT2D eigenvalue weighted by Gasteiger charge is 2.26. The number of aliphatic hydroxyl groups is 1. The summed E-state index contributed by atoms with van der Waals surface area (Å²) in [6.07, 6.45) is 1.85. The van der Waals surface area contributed by atoms with Crippen LogP contribution in [0.1, 0.15) is 28.3 Å². The first-order valence-electron chi connectivity index (χ1n) is 6.69. The van der Waals surface area contributed by atoms with Crippen molar-refractivity contribution < 1.29 is 19.4 Å². The largest absolute Gasteiger partial charge is 0.394 e. The Morgan fingerprint density at radius 1 is 1.65 bits per heavy atom. The number of rotatable bonds is 6. The maximum Gasteiger partial charge on any atom is 0.273 e. The SMILES string of the molecule is COCc1nc(C(=O)N2CCCC(OCCO)C2)cs1. The Hall–Kier alpha value is -1.02. The number of amides is 1. The molecule has 1 fully saturated rings. The number of aliphatic hydroxyl groups excluding tert-OH is 1. The minimum Gasteiger partial charge on any atom is -0.394 e. The highest BCUT2D eigenvalue weighted by atomic mass is 32.1. The fraction of sp³-hybridized carbons (Fsp3) is 0.692. The Kier molecular flexibility index (Phi) is 5.90. The number of carbonyl (C=O) groups is 1. The van der Waals surface area contributed by atoms with Crippen LogP contribution in [0, 0.1) is 0 Å². The van der Waals surface area contributed by atoms with Gasteiger partial charge in [-0.1, -0.05) is 0 Å². The average Bonchev–Trinajstić information content (AvgIpc) is 2.93. The van der Waals surface area contributed by atoms with E-state index in [4.69, 9.17) is 14.6 Å². The monoisotopic (exact) mass is 300 g/mol. The van der Waals surface area contributed by atoms with Crippen LogP contribution in [-0.2, 0) is 16.1 Å². The molecule has 1 aromatic rings. The summed E-state index contributed by atoms with van der Waals surface area (Å²) in [7, 11) is 1.61. The Balaban J connectivity index is 1.93. The lowest BCUT2D eigenvalue weighted by Gasteiger charge is -2.32. The second-order valence-electron chi connectivity index (χ2n) is 4.67. The molecule has 1 N–H and O–H groups in total. The van der Waals surface area contributed by atoms with Gasteiger partial charge in [-0.2, -0.15) is 0 Å². The van der Waals surface area contributed by atoms with Gasteiger partial charge in [-0.15, -0.1) is 11.3 Å². The molecule has 6 nitrogen and oxygen atoms in total. The lowest BCUT2D eigenvalue weighted by molar-refractivity contribution is -0.0111. The second kappa shape index (κ2) is 7.68. The van der Waals surface area contributed by atoms with E-state index in [-0.39, 0.29) is 18.6 Å². The van der Waals surface area contributed by atoms with Crippen LogP contribution in [-0.4, -0.2) is 60.4 Å². The molecule has 0 radical (unpaired) electrons. The molecule has 1 aliphatic rings. The predicted octanol–water partition coefficient (Wildman–Crippen LogP) is 0.903. The van der Waals surface area contributed by atoms with Crippen LogP contribution in [0.15, 0.2) is 5.38 Å². The molecule has 20 heavy (non-hydrogen) atoms. The van der Waals surface area contributed by atoms with Crippen LogP contribution in [0.3, 0.4) is 0 Å². The molecule has 0 bridgehead atoms. The number of thiazole rings is 1. The van der Waals surface area contributed by atoms with E-state index in [2.05, 4.69) is 4.98 Å². The van der Waals surface area contributed by atoms with Crippen molar-refractivity contribution in [2.75, 3.05) is 33.4 Å². The van der Waals surface area contributed by atoms with E-state index < -0.39 is 0 Å². The van der Waals surface area contributed by atoms with Crippen molar-refractivity contribution in [1.82, 2.24) is 9.88 Å². The van der Waals surface area contributed by atoms with Crippen molar-refractivity contribution in [1.29, 1.82) is 0 Å². The fourth-order valence-corrected chi connectivity index (χ4v) is 2.98. The van der Waals surface area contributed by atoms with Gasteiger partial charge in [-0.05, 0) is 12.8 Å². The molecule has 1 saturated heterocycles. The van der Waals surface area contributed by atoms with Crippen LogP contribution >= 0.6 is 11.3 Å². The topological polar surface area (TPSA) is 71.9 Å². The van der Waals surface area contributed by atoms with E-state index in [1.54, 1.807) is 17.4 Å². The summed E-state index contributed by atoms with van der Waals surface area (Å²) in [5, 5.41) is 11.4. The molecule has 2 heterocycles. The van der Waals surface area contributed by atoms with Gasteiger partial charge >= 0.3 is 0 Å². The predicted molar refractivity (Wildman–Crippen MR) is 74.8 cm³/mol. The standard InChI is InChI=1S/C13H20N2O4S/c1-18-8-12-14-11(9-20-12)13(17)15-4-2-3-10(7-15)19-6-5-16/h9-10,16H,2-8H2,1H3. The van der Waals surface area contributed by atoms with Gasteiger partial charge in [-0.3, -0.25) is 4.79 Å². The quantitative estimate of drug-likeness (QED) is 0.845. The molecule has 1 aliphatic heterocycles. The molecular formula is C13H20N2O4S. The zero-order valence-corrected chi connectivity index (χ0v) is 12.4. The lowest BCUT2D eigenvalue weighted by atomic mass is 10.1. The molecule has 0 spiro atoms. The van der Waals surface area contributed by atoms with E-state index in [0.717, 1.165) is 24.4 Å². The van der Waals surface area contributed by atoms with Gasteiger partial charge in [0.15, 0.2) is 0 Å². The summed E-state index contributed by atoms with van der Waals surface area (Å²) in [4.78, 5) is 18.4. The third-order valence-corrected chi connectivity index (χ3v) is 3.97. The van der Waals surface area contributed by atoms with Crippen LogP contribution in [0.4, 0.5) is 0 Å². The second-order valence-corrected chi connectivity index (χ2v) is 5.61. The van der Waals surface area contributed by atoms with Gasteiger partial charge in [0, 0.05) is 25.6 Å². The number of likely N-dealkylation sites (tertiary alicyclic amines) is 1. The maximum absolute atomic E-state index is 12.4. The number of hydrogen-bond acceptors (Lipinski definition) is 6. The van der Waals surface area contributed by atoms with Crippen molar-refractivity contribution in [2.24, 2.45) is 0 Å². The summed E-state index contributed by atoms with van der Waals surface area (Å²) in [5.74, 6) is -0.0547. The third kappa shape index (κ3) is 3.99. The van der Waals surface area contributed by atoms with Crippen LogP contribution in [0.25, 0.3) is 0 Å². The van der Waals surface area contributed by atoms with Gasteiger partial charge in [0.2, 0.25) is 0 Å². The zero-order valence-electron chi connectivity index (χ0n) is 11.6. The summed E-state index contributed by atoms with van der Waals surface area (Å²) in [6, 6.07) is 0. The molecule has 0 aromatic carbocycles. The zero-order chi connectivity index (χ0) is 14.4. The van der Waals surface area contributed by atoms with Crippen molar-refractivity contribution >= 4 is 17.2 Å². The summed E-state index contributed by atoms with van der Waals surface area (Å²) in [6.45, 7) is 2.06. The summed E-state index contributed by atoms with van der Waals surface area (Å²) in [5.41, 5.74) is 0.477. The number of carbonyl (C=O) groups excluding carboxylic acids is 1. The van der Waals surface area contributed by atoms with Gasteiger partial charge < -0.3 is 19.5 Å². The van der Waals surface area contributed by atoms with E-state index >= 15 is 0 Å². The molecule has 112 valence electrons. The van der Waals surface area contributed by atoms with E-state index in [1.165, 1.54) is 11.3 Å². The highest BCUT2D eigenvalue weighted by Crippen LogP contribution is 2.18. The molecule has 0 saturated carbocycles. The van der Waals surface area contributed by atoms with Gasteiger partial charge in [0.1, 0.15) is 10.7 Å². The van der Waals surface area contributed by atoms with Gasteiger partial charge in [0.25, 0.3) is 5.91 Å². The van der Waals surface area contributed by atoms with Crippen molar-refractivity contribution in [3.8, 4) is 0 Å². The van der Waals surface area contributed by atoms with Gasteiger partial charge in [-0.25, -0.2) is 4.98 Å². The van der Waals surface area contributed by atoms with Crippen LogP contribution < -0.4 is 0 Å². The molecule has 0 aliphatic carbocycles. The minimum absolute atomic E-state index is 0.0108. The van der Waals surface area contributed by atoms with Crippen molar-refractivity contribution in [3.05, 3.63) is 16.1 Å². The number of piperidine rings is 1. The molecule has 1 aromatic heterocycles. The fourth-order valence-electron chi connectivity index (χ4n) is 2.24. The molecule has 1 atom stereocenters. The van der Waals surface area contributed by atoms with Crippen molar-refractivity contribution in [3.63, 3.8) is 0 Å². The van der Waals surface area contributed by atoms with Crippen LogP contribution in [0.5, 0.6) is 0 Å². The van der Waals surface area contributed by atoms with Crippen molar-refractivity contribution in [2.45, 2.75) is 25.6 Å².